The third kappa shape index (κ3) is 11.7. The van der Waals surface area contributed by atoms with Crippen LogP contribution >= 0.6 is 0 Å². The van der Waals surface area contributed by atoms with Crippen molar-refractivity contribution in [2.24, 2.45) is 28.1 Å². The minimum absolute atomic E-state index is 0.0887. The van der Waals surface area contributed by atoms with Crippen LogP contribution in [0.1, 0.15) is 78.6 Å². The van der Waals surface area contributed by atoms with Crippen molar-refractivity contribution < 1.29 is 154 Å². The molecule has 0 unspecified atom stereocenters. The zero-order valence-electron chi connectivity index (χ0n) is 47.2. The van der Waals surface area contributed by atoms with E-state index < -0.39 is 233 Å². The Balaban J connectivity index is 0.893. The first kappa shape index (κ1) is 66.0. The average molecular weight is 1230 g/mol. The van der Waals surface area contributed by atoms with Crippen molar-refractivity contribution in [1.82, 2.24) is 0 Å². The fourth-order valence-electron chi connectivity index (χ4n) is 15.8. The molecule has 4 aliphatic carbocycles. The number of hydrogen-bond acceptors (Lipinski definition) is 31. The minimum Gasteiger partial charge on any atom is -0.432 e. The van der Waals surface area contributed by atoms with Crippen molar-refractivity contribution in [3.05, 3.63) is 12.2 Å². The van der Waals surface area contributed by atoms with E-state index in [0.717, 1.165) is 0 Å². The molecule has 0 aromatic carbocycles. The molecule has 488 valence electrons. The van der Waals surface area contributed by atoms with Gasteiger partial charge in [0.2, 0.25) is 6.29 Å². The van der Waals surface area contributed by atoms with Crippen LogP contribution in [0.2, 0.25) is 0 Å². The maximum Gasteiger partial charge on any atom is 0.314 e. The zero-order chi connectivity index (χ0) is 61.7. The van der Waals surface area contributed by atoms with Gasteiger partial charge in [0.05, 0.1) is 43.5 Å². The summed E-state index contributed by atoms with van der Waals surface area (Å²) < 4.78 is 71.7. The first-order valence-electron chi connectivity index (χ1n) is 29.2. The van der Waals surface area contributed by atoms with E-state index in [9.17, 15) is 91.9 Å². The second kappa shape index (κ2) is 25.3. The largest absolute Gasteiger partial charge is 0.432 e. The lowest BCUT2D eigenvalue weighted by atomic mass is 9.41. The molecule has 35 atom stereocenters. The highest BCUT2D eigenvalue weighted by Gasteiger charge is 2.70. The SMILES string of the molecule is C=C1C[C@@]23CC[C@H]4[C@@](C)(CCC[C@@]4(C)C(=O)O[C@@H]4O[C@H](CO[C@@H]5OC[C@H](O)[C@H](O)[C@H]5O)[C@@H](O)[C@H](O)[C@H]4O[C@@H]4O[C@H](CO)[C@@H](O)[C@H](O)[C@H]4O)[C@@H]2CC[C@]1(O[C@@H]1O[C@H](C)[C@@H](O)[C@H](O[C@@H]2O[C@H](O)[C@@H](O)[C@H](O)[C@H]2O)[C@H]1O[C@@H]1O[C@H](CO)[C@@H](O)[C@H](O)[C@H]1O)C3. The molecule has 0 aromatic rings. The van der Waals surface area contributed by atoms with Gasteiger partial charge in [0.15, 0.2) is 43.8 Å². The highest BCUT2D eigenvalue weighted by molar-refractivity contribution is 5.77. The third-order valence-electron chi connectivity index (χ3n) is 20.6. The van der Waals surface area contributed by atoms with Crippen LogP contribution in [0.3, 0.4) is 0 Å². The van der Waals surface area contributed by atoms with Gasteiger partial charge in [-0.1, -0.05) is 19.9 Å². The van der Waals surface area contributed by atoms with Crippen molar-refractivity contribution in [3.63, 3.8) is 0 Å². The fourth-order valence-corrected chi connectivity index (χ4v) is 15.8. The summed E-state index contributed by atoms with van der Waals surface area (Å²) in [6, 6.07) is 0. The van der Waals surface area contributed by atoms with E-state index in [1.54, 1.807) is 6.92 Å². The lowest BCUT2D eigenvalue weighted by molar-refractivity contribution is -0.405. The maximum atomic E-state index is 15.2. The molecule has 1 spiro atoms. The number of carbonyl (C=O) groups excluding carboxylic acids is 1. The number of fused-ring (bicyclic) bond motifs is 3. The molecule has 31 heteroatoms. The molecular formula is C54H86O31. The molecule has 2 bridgehead atoms. The van der Waals surface area contributed by atoms with Crippen molar-refractivity contribution >= 4 is 5.97 Å². The van der Waals surface area contributed by atoms with E-state index in [1.165, 1.54) is 6.92 Å². The summed E-state index contributed by atoms with van der Waals surface area (Å²) >= 11 is 0. The van der Waals surface area contributed by atoms with Crippen LogP contribution in [-0.2, 0) is 61.6 Å². The van der Waals surface area contributed by atoms with Crippen molar-refractivity contribution in [2.75, 3.05) is 26.4 Å². The molecule has 0 aromatic heterocycles. The Morgan fingerprint density at radius 1 is 0.541 bits per heavy atom. The quantitative estimate of drug-likeness (QED) is 0.0411. The Labute approximate surface area is 487 Å². The lowest BCUT2D eigenvalue weighted by Gasteiger charge is -2.64. The Morgan fingerprint density at radius 2 is 1.08 bits per heavy atom. The normalized spacial score (nSPS) is 55.6. The highest BCUT2D eigenvalue weighted by Crippen LogP contribution is 2.74. The van der Waals surface area contributed by atoms with Crippen molar-refractivity contribution in [2.45, 2.75) is 262 Å². The molecular weight excluding hydrogens is 1140 g/mol. The summed E-state index contributed by atoms with van der Waals surface area (Å²) in [7, 11) is 0. The zero-order valence-corrected chi connectivity index (χ0v) is 47.2. The molecule has 18 N–H and O–H groups in total. The van der Waals surface area contributed by atoms with Gasteiger partial charge in [-0.15, -0.1) is 0 Å². The number of hydrogen-bond donors (Lipinski definition) is 18. The molecule has 6 aliphatic heterocycles. The average Bonchev–Trinajstić information content (AvgIpc) is 1.67. The Bertz CT molecular complexity index is 2310. The van der Waals surface area contributed by atoms with Crippen LogP contribution in [0, 0.1) is 28.1 Å². The van der Waals surface area contributed by atoms with Gasteiger partial charge < -0.3 is 149 Å². The van der Waals surface area contributed by atoms with E-state index in [2.05, 4.69) is 13.5 Å². The van der Waals surface area contributed by atoms with Crippen LogP contribution in [0.5, 0.6) is 0 Å². The summed E-state index contributed by atoms with van der Waals surface area (Å²) in [4.78, 5) is 15.2. The van der Waals surface area contributed by atoms with E-state index in [1.807, 2.05) is 0 Å². The molecule has 10 rings (SSSR count). The molecule has 10 aliphatic rings. The van der Waals surface area contributed by atoms with Gasteiger partial charge >= 0.3 is 5.97 Å². The first-order valence-corrected chi connectivity index (χ1v) is 29.2. The number of aliphatic hydroxyl groups excluding tert-OH is 18. The summed E-state index contributed by atoms with van der Waals surface area (Å²) in [5, 5.41) is 192. The minimum atomic E-state index is -2.06. The number of rotatable bonds is 15. The second-order valence-corrected chi connectivity index (χ2v) is 25.7. The summed E-state index contributed by atoms with van der Waals surface area (Å²) in [6.07, 6.45) is -47.2. The Hall–Kier alpha value is -1.95. The Kier molecular flexibility index (Phi) is 19.6. The van der Waals surface area contributed by atoms with Gasteiger partial charge in [0.1, 0.15) is 122 Å². The lowest BCUT2D eigenvalue weighted by Crippen LogP contribution is -2.67. The van der Waals surface area contributed by atoms with E-state index in [0.29, 0.717) is 63.4 Å². The highest BCUT2D eigenvalue weighted by atomic mass is 16.8. The maximum absolute atomic E-state index is 15.2. The van der Waals surface area contributed by atoms with Crippen LogP contribution in [0.25, 0.3) is 0 Å². The van der Waals surface area contributed by atoms with Crippen LogP contribution in [0.15, 0.2) is 12.2 Å². The van der Waals surface area contributed by atoms with E-state index in [-0.39, 0.29) is 11.8 Å². The molecule has 0 amide bonds. The van der Waals surface area contributed by atoms with Crippen LogP contribution in [0.4, 0.5) is 0 Å². The number of ether oxygens (including phenoxy) is 12. The fraction of sp³-hybridized carbons (Fsp3) is 0.944. The van der Waals surface area contributed by atoms with Gasteiger partial charge in [-0.05, 0) is 93.5 Å². The van der Waals surface area contributed by atoms with Crippen molar-refractivity contribution in [1.29, 1.82) is 0 Å². The van der Waals surface area contributed by atoms with Crippen LogP contribution < -0.4 is 0 Å². The van der Waals surface area contributed by atoms with Gasteiger partial charge in [-0.2, -0.15) is 0 Å². The van der Waals surface area contributed by atoms with Crippen LogP contribution in [-0.4, -0.2) is 308 Å². The molecule has 31 nitrogen and oxygen atoms in total. The smallest absolute Gasteiger partial charge is 0.314 e. The molecule has 6 heterocycles. The summed E-state index contributed by atoms with van der Waals surface area (Å²) in [5.41, 5.74) is -2.86. The summed E-state index contributed by atoms with van der Waals surface area (Å²) in [6.45, 7) is 7.17. The van der Waals surface area contributed by atoms with Gasteiger partial charge in [-0.25, -0.2) is 0 Å². The Morgan fingerprint density at radius 3 is 1.71 bits per heavy atom. The molecule has 4 saturated carbocycles. The number of aliphatic hydroxyl groups is 18. The first-order chi connectivity index (χ1) is 40.0. The van der Waals surface area contributed by atoms with Gasteiger partial charge in [-0.3, -0.25) is 4.79 Å². The number of carbonyl (C=O) groups is 1. The topological polar surface area (TPSA) is 492 Å². The second-order valence-electron chi connectivity index (χ2n) is 25.7. The molecule has 0 radical (unpaired) electrons. The number of esters is 1. The van der Waals surface area contributed by atoms with Gasteiger partial charge in [0.25, 0.3) is 0 Å². The predicted octanol–water partition coefficient (Wildman–Crippen LogP) is -7.84. The molecule has 85 heavy (non-hydrogen) atoms. The predicted molar refractivity (Wildman–Crippen MR) is 272 cm³/mol. The van der Waals surface area contributed by atoms with E-state index >= 15 is 4.79 Å². The third-order valence-corrected chi connectivity index (χ3v) is 20.6. The molecule has 10 fully saturated rings. The molecule has 6 saturated heterocycles. The monoisotopic (exact) mass is 1230 g/mol. The standard InChI is InChI=1S/C54H86O31/c1-18-12-53-10-6-24-51(3,8-5-9-52(24,4)50(73)84-48-41(81-45-37(69)31(63)28(60)21(13-55)77-45)34(66)30(62)23(79-48)16-75-44-36(68)27(59)20(57)15-74-44)25(53)7-11-54(18,17-53)85-49-42(82-46-38(70)32(64)29(61)22(14-56)78-46)40(26(58)19(2)76-49)80-47-39(71)33(65)35(67)43(72)83-47/h19-49,55-72H,1,5-17H2,2-4H3/t19-,20+,21-,22-,23-,24+,25+,26-,27+,28-,29-,30-,31+,32+,33+,34+,35+,36-,37-,38-,39-,40+,41-,42-,43+,44+,45+,46+,47-,48+,49+,51-,52-,53-,54+/m1/s1. The van der Waals surface area contributed by atoms with Gasteiger partial charge in [0, 0.05) is 0 Å². The van der Waals surface area contributed by atoms with Crippen molar-refractivity contribution in [3.8, 4) is 0 Å². The summed E-state index contributed by atoms with van der Waals surface area (Å²) in [5.74, 6) is -1.25. The van der Waals surface area contributed by atoms with E-state index in [4.69, 9.17) is 56.8 Å².